The second-order valence-electron chi connectivity index (χ2n) is 5.04. The molecule has 1 aromatic rings. The Morgan fingerprint density at radius 1 is 1.37 bits per heavy atom. The number of halogens is 2. The van der Waals surface area contributed by atoms with Gasteiger partial charge < -0.3 is 0 Å². The zero-order valence-electron chi connectivity index (χ0n) is 11.8. The van der Waals surface area contributed by atoms with E-state index in [1.165, 1.54) is 18.9 Å². The highest BCUT2D eigenvalue weighted by Crippen LogP contribution is 2.22. The molecule has 0 amide bonds. The smallest absolute Gasteiger partial charge is 0.141 e. The summed E-state index contributed by atoms with van der Waals surface area (Å²) in [4.78, 5) is 0. The standard InChI is InChI=1S/C15H24ClFN2/c1-3-5-6-12(4-2)15(19-18)10-11-7-8-14(17)13(16)9-11/h7-9,12,15,19H,3-6,10,18H2,1-2H3. The summed E-state index contributed by atoms with van der Waals surface area (Å²) in [5, 5.41) is 0.176. The van der Waals surface area contributed by atoms with Crippen LogP contribution in [0.5, 0.6) is 0 Å². The van der Waals surface area contributed by atoms with E-state index in [0.29, 0.717) is 5.92 Å². The Bertz CT molecular complexity index is 384. The van der Waals surface area contributed by atoms with Gasteiger partial charge in [0.05, 0.1) is 5.02 Å². The molecule has 0 aromatic heterocycles. The molecule has 1 aromatic carbocycles. The molecule has 2 atom stereocenters. The molecular formula is C15H24ClFN2. The van der Waals surface area contributed by atoms with E-state index in [-0.39, 0.29) is 16.9 Å². The van der Waals surface area contributed by atoms with Crippen LogP contribution in [-0.4, -0.2) is 6.04 Å². The monoisotopic (exact) mass is 286 g/mol. The molecule has 0 saturated heterocycles. The number of hydrazine groups is 1. The van der Waals surface area contributed by atoms with E-state index in [4.69, 9.17) is 17.4 Å². The zero-order chi connectivity index (χ0) is 14.3. The third-order valence-electron chi connectivity index (χ3n) is 3.68. The van der Waals surface area contributed by atoms with E-state index < -0.39 is 0 Å². The summed E-state index contributed by atoms with van der Waals surface area (Å²) in [6, 6.07) is 5.09. The summed E-state index contributed by atoms with van der Waals surface area (Å²) in [5.74, 6) is 5.84. The van der Waals surface area contributed by atoms with Gasteiger partial charge in [-0.2, -0.15) is 0 Å². The van der Waals surface area contributed by atoms with Gasteiger partial charge in [0.25, 0.3) is 0 Å². The number of rotatable bonds is 8. The fourth-order valence-corrected chi connectivity index (χ4v) is 2.64. The number of unbranched alkanes of at least 4 members (excludes halogenated alkanes) is 1. The van der Waals surface area contributed by atoms with Gasteiger partial charge in [-0.1, -0.05) is 50.8 Å². The van der Waals surface area contributed by atoms with Gasteiger partial charge in [-0.15, -0.1) is 0 Å². The predicted molar refractivity (Wildman–Crippen MR) is 79.5 cm³/mol. The van der Waals surface area contributed by atoms with Crippen molar-refractivity contribution < 1.29 is 4.39 Å². The molecule has 19 heavy (non-hydrogen) atoms. The Kier molecular flexibility index (Phi) is 7.36. The first-order valence-corrected chi connectivity index (χ1v) is 7.40. The minimum atomic E-state index is -0.374. The molecule has 0 radical (unpaired) electrons. The molecule has 0 bridgehead atoms. The lowest BCUT2D eigenvalue weighted by molar-refractivity contribution is 0.318. The van der Waals surface area contributed by atoms with Crippen LogP contribution in [0.2, 0.25) is 5.02 Å². The van der Waals surface area contributed by atoms with Crippen LogP contribution in [0.15, 0.2) is 18.2 Å². The topological polar surface area (TPSA) is 38.0 Å². The van der Waals surface area contributed by atoms with Gasteiger partial charge in [-0.25, -0.2) is 4.39 Å². The van der Waals surface area contributed by atoms with Crippen molar-refractivity contribution in [3.63, 3.8) is 0 Å². The van der Waals surface area contributed by atoms with E-state index in [9.17, 15) is 4.39 Å². The van der Waals surface area contributed by atoms with Crippen LogP contribution in [-0.2, 0) is 6.42 Å². The quantitative estimate of drug-likeness (QED) is 0.558. The van der Waals surface area contributed by atoms with Crippen molar-refractivity contribution >= 4 is 11.6 Å². The maximum atomic E-state index is 13.1. The zero-order valence-corrected chi connectivity index (χ0v) is 12.5. The maximum Gasteiger partial charge on any atom is 0.141 e. The lowest BCUT2D eigenvalue weighted by atomic mass is 9.88. The molecule has 1 rings (SSSR count). The van der Waals surface area contributed by atoms with E-state index in [2.05, 4.69) is 19.3 Å². The molecule has 0 aliphatic rings. The van der Waals surface area contributed by atoms with E-state index in [0.717, 1.165) is 24.8 Å². The molecule has 2 nitrogen and oxygen atoms in total. The Morgan fingerprint density at radius 3 is 2.63 bits per heavy atom. The van der Waals surface area contributed by atoms with E-state index in [1.807, 2.05) is 0 Å². The van der Waals surface area contributed by atoms with Gasteiger partial charge >= 0.3 is 0 Å². The third kappa shape index (κ3) is 5.09. The van der Waals surface area contributed by atoms with Crippen molar-refractivity contribution in [1.82, 2.24) is 5.43 Å². The van der Waals surface area contributed by atoms with Crippen LogP contribution in [0, 0.1) is 11.7 Å². The average Bonchev–Trinajstić information content (AvgIpc) is 2.42. The van der Waals surface area contributed by atoms with Gasteiger partial charge in [-0.3, -0.25) is 11.3 Å². The lowest BCUT2D eigenvalue weighted by Crippen LogP contribution is -2.42. The summed E-state index contributed by atoms with van der Waals surface area (Å²) in [6.45, 7) is 4.37. The Balaban J connectivity index is 2.70. The van der Waals surface area contributed by atoms with Crippen LogP contribution >= 0.6 is 11.6 Å². The summed E-state index contributed by atoms with van der Waals surface area (Å²) in [7, 11) is 0. The second-order valence-corrected chi connectivity index (χ2v) is 5.44. The summed E-state index contributed by atoms with van der Waals surface area (Å²) in [6.07, 6.45) is 5.43. The number of hydrogen-bond acceptors (Lipinski definition) is 2. The van der Waals surface area contributed by atoms with Crippen molar-refractivity contribution in [2.24, 2.45) is 11.8 Å². The first-order valence-electron chi connectivity index (χ1n) is 7.02. The second kappa shape index (κ2) is 8.51. The third-order valence-corrected chi connectivity index (χ3v) is 3.97. The van der Waals surface area contributed by atoms with Crippen LogP contribution in [0.1, 0.15) is 45.1 Å². The molecule has 0 heterocycles. The van der Waals surface area contributed by atoms with Gasteiger partial charge in [0.15, 0.2) is 0 Å². The predicted octanol–water partition coefficient (Wildman–Crippen LogP) is 4.07. The average molecular weight is 287 g/mol. The molecule has 0 fully saturated rings. The van der Waals surface area contributed by atoms with Crippen LogP contribution in [0.25, 0.3) is 0 Å². The largest absolute Gasteiger partial charge is 0.271 e. The number of benzene rings is 1. The number of nitrogens with one attached hydrogen (secondary N) is 1. The number of nitrogens with two attached hydrogens (primary N) is 1. The minimum absolute atomic E-state index is 0.176. The molecule has 3 N–H and O–H groups in total. The normalized spacial score (nSPS) is 14.4. The fourth-order valence-electron chi connectivity index (χ4n) is 2.44. The highest BCUT2D eigenvalue weighted by Gasteiger charge is 2.19. The summed E-state index contributed by atoms with van der Waals surface area (Å²) < 4.78 is 13.1. The maximum absolute atomic E-state index is 13.1. The van der Waals surface area contributed by atoms with Gasteiger partial charge in [0.1, 0.15) is 5.82 Å². The van der Waals surface area contributed by atoms with Crippen molar-refractivity contribution in [2.45, 2.75) is 52.0 Å². The molecule has 4 heteroatoms. The Hall–Kier alpha value is -0.640. The minimum Gasteiger partial charge on any atom is -0.271 e. The van der Waals surface area contributed by atoms with Crippen LogP contribution in [0.4, 0.5) is 4.39 Å². The molecule has 2 unspecified atom stereocenters. The highest BCUT2D eigenvalue weighted by molar-refractivity contribution is 6.30. The van der Waals surface area contributed by atoms with Gasteiger partial charge in [-0.05, 0) is 36.5 Å². The molecule has 0 aliphatic carbocycles. The Morgan fingerprint density at radius 2 is 2.11 bits per heavy atom. The first-order chi connectivity index (χ1) is 9.12. The van der Waals surface area contributed by atoms with Gasteiger partial charge in [0, 0.05) is 6.04 Å². The summed E-state index contributed by atoms with van der Waals surface area (Å²) >= 11 is 5.81. The Labute approximate surface area is 120 Å². The molecule has 0 saturated carbocycles. The van der Waals surface area contributed by atoms with Crippen LogP contribution < -0.4 is 11.3 Å². The van der Waals surface area contributed by atoms with Crippen molar-refractivity contribution in [3.05, 3.63) is 34.6 Å². The molecule has 0 spiro atoms. The van der Waals surface area contributed by atoms with Gasteiger partial charge in [0.2, 0.25) is 0 Å². The van der Waals surface area contributed by atoms with E-state index in [1.54, 1.807) is 12.1 Å². The first kappa shape index (κ1) is 16.4. The van der Waals surface area contributed by atoms with Crippen molar-refractivity contribution in [2.75, 3.05) is 0 Å². The number of hydrogen-bond donors (Lipinski definition) is 2. The highest BCUT2D eigenvalue weighted by atomic mass is 35.5. The van der Waals surface area contributed by atoms with Crippen molar-refractivity contribution in [3.8, 4) is 0 Å². The fraction of sp³-hybridized carbons (Fsp3) is 0.600. The lowest BCUT2D eigenvalue weighted by Gasteiger charge is -2.25. The van der Waals surface area contributed by atoms with Crippen molar-refractivity contribution in [1.29, 1.82) is 0 Å². The molecule has 0 aliphatic heterocycles. The SMILES string of the molecule is CCCCC(CC)C(Cc1ccc(F)c(Cl)c1)NN. The summed E-state index contributed by atoms with van der Waals surface area (Å²) in [5.41, 5.74) is 3.93. The van der Waals surface area contributed by atoms with Crippen LogP contribution in [0.3, 0.4) is 0 Å². The molecular weight excluding hydrogens is 263 g/mol. The van der Waals surface area contributed by atoms with E-state index >= 15 is 0 Å². The molecule has 108 valence electrons.